The van der Waals surface area contributed by atoms with Gasteiger partial charge in [0, 0.05) is 6.42 Å². The average Bonchev–Trinajstić information content (AvgIpc) is 3.09. The third-order valence-corrected chi connectivity index (χ3v) is 4.22. The molecule has 1 heterocycles. The van der Waals surface area contributed by atoms with Crippen LogP contribution in [0.4, 0.5) is 0 Å². The third kappa shape index (κ3) is 3.90. The van der Waals surface area contributed by atoms with Crippen molar-refractivity contribution in [2.45, 2.75) is 25.3 Å². The number of aliphatic carboxylic acids is 1. The van der Waals surface area contributed by atoms with E-state index in [9.17, 15) is 9.90 Å². The van der Waals surface area contributed by atoms with Gasteiger partial charge < -0.3 is 9.84 Å². The zero-order chi connectivity index (χ0) is 16.1. The second-order valence-corrected chi connectivity index (χ2v) is 5.82. The highest BCUT2D eigenvalue weighted by atomic mass is 16.5. The predicted molar refractivity (Wildman–Crippen MR) is 88.9 cm³/mol. The van der Waals surface area contributed by atoms with E-state index in [0.717, 1.165) is 43.0 Å². The standard InChI is InChI=1S/C19H21NO3/c21-19(22)17(20-12-6-7-13-20)14-15-8-4-5-11-18(15)23-16-9-2-1-3-10-16/h1-5,8-11,17H,6-7,12-14H2,(H,21,22). The Bertz CT molecular complexity index is 651. The Labute approximate surface area is 136 Å². The van der Waals surface area contributed by atoms with Crippen molar-refractivity contribution in [2.75, 3.05) is 13.1 Å². The number of rotatable bonds is 6. The van der Waals surface area contributed by atoms with E-state index in [2.05, 4.69) is 4.90 Å². The zero-order valence-corrected chi connectivity index (χ0v) is 13.0. The van der Waals surface area contributed by atoms with Crippen molar-refractivity contribution in [2.24, 2.45) is 0 Å². The number of likely N-dealkylation sites (tertiary alicyclic amines) is 1. The van der Waals surface area contributed by atoms with E-state index in [1.54, 1.807) is 0 Å². The van der Waals surface area contributed by atoms with Crippen molar-refractivity contribution >= 4 is 5.97 Å². The van der Waals surface area contributed by atoms with Gasteiger partial charge in [-0.15, -0.1) is 0 Å². The monoisotopic (exact) mass is 311 g/mol. The van der Waals surface area contributed by atoms with Crippen LogP contribution in [-0.2, 0) is 11.2 Å². The van der Waals surface area contributed by atoms with Crippen molar-refractivity contribution in [1.82, 2.24) is 4.90 Å². The molecule has 1 N–H and O–H groups in total. The van der Waals surface area contributed by atoms with Gasteiger partial charge >= 0.3 is 5.97 Å². The smallest absolute Gasteiger partial charge is 0.321 e. The van der Waals surface area contributed by atoms with Crippen molar-refractivity contribution in [3.8, 4) is 11.5 Å². The number of hydrogen-bond donors (Lipinski definition) is 1. The van der Waals surface area contributed by atoms with Gasteiger partial charge in [0.25, 0.3) is 0 Å². The van der Waals surface area contributed by atoms with E-state index in [4.69, 9.17) is 4.74 Å². The Morgan fingerprint density at radius 3 is 2.39 bits per heavy atom. The normalized spacial score (nSPS) is 16.2. The summed E-state index contributed by atoms with van der Waals surface area (Å²) in [7, 11) is 0. The molecular weight excluding hydrogens is 290 g/mol. The van der Waals surface area contributed by atoms with Gasteiger partial charge in [0.1, 0.15) is 17.5 Å². The first kappa shape index (κ1) is 15.6. The first-order valence-corrected chi connectivity index (χ1v) is 8.02. The highest BCUT2D eigenvalue weighted by Crippen LogP contribution is 2.27. The molecule has 120 valence electrons. The van der Waals surface area contributed by atoms with Crippen LogP contribution in [0.15, 0.2) is 54.6 Å². The molecule has 1 aliphatic rings. The molecule has 0 spiro atoms. The lowest BCUT2D eigenvalue weighted by molar-refractivity contribution is -0.142. The lowest BCUT2D eigenvalue weighted by Gasteiger charge is -2.24. The first-order valence-electron chi connectivity index (χ1n) is 8.02. The predicted octanol–water partition coefficient (Wildman–Crippen LogP) is 3.57. The minimum Gasteiger partial charge on any atom is -0.480 e. The lowest BCUT2D eigenvalue weighted by Crippen LogP contribution is -2.40. The second-order valence-electron chi connectivity index (χ2n) is 5.82. The molecule has 1 unspecified atom stereocenters. The van der Waals surface area contributed by atoms with E-state index in [1.807, 2.05) is 54.6 Å². The van der Waals surface area contributed by atoms with Gasteiger partial charge in [-0.3, -0.25) is 9.69 Å². The SMILES string of the molecule is O=C(O)C(Cc1ccccc1Oc1ccccc1)N1CCCC1. The average molecular weight is 311 g/mol. The number of carboxylic acid groups (broad SMARTS) is 1. The van der Waals surface area contributed by atoms with Gasteiger partial charge in [-0.05, 0) is 49.7 Å². The molecule has 1 saturated heterocycles. The molecule has 1 fully saturated rings. The number of carboxylic acids is 1. The number of ether oxygens (including phenoxy) is 1. The summed E-state index contributed by atoms with van der Waals surface area (Å²) in [5.74, 6) is 0.721. The van der Waals surface area contributed by atoms with E-state index >= 15 is 0 Å². The number of hydrogen-bond acceptors (Lipinski definition) is 3. The van der Waals surface area contributed by atoms with Gasteiger partial charge in [0.05, 0.1) is 0 Å². The third-order valence-electron chi connectivity index (χ3n) is 4.22. The fourth-order valence-corrected chi connectivity index (χ4v) is 3.02. The second kappa shape index (κ2) is 7.29. The Kier molecular flexibility index (Phi) is 4.93. The molecule has 4 nitrogen and oxygen atoms in total. The molecule has 2 aromatic rings. The summed E-state index contributed by atoms with van der Waals surface area (Å²) in [5, 5.41) is 9.59. The maximum atomic E-state index is 11.7. The van der Waals surface area contributed by atoms with Crippen LogP contribution in [0.2, 0.25) is 0 Å². The molecule has 0 aromatic heterocycles. The molecule has 2 aromatic carbocycles. The maximum Gasteiger partial charge on any atom is 0.321 e. The molecule has 0 amide bonds. The van der Waals surface area contributed by atoms with E-state index in [0.29, 0.717) is 6.42 Å². The fourth-order valence-electron chi connectivity index (χ4n) is 3.02. The van der Waals surface area contributed by atoms with Crippen molar-refractivity contribution < 1.29 is 14.6 Å². The molecule has 0 aliphatic carbocycles. The molecule has 1 aliphatic heterocycles. The first-order chi connectivity index (χ1) is 11.2. The molecule has 0 radical (unpaired) electrons. The minimum absolute atomic E-state index is 0.457. The highest BCUT2D eigenvalue weighted by Gasteiger charge is 2.28. The fraction of sp³-hybridized carbons (Fsp3) is 0.316. The van der Waals surface area contributed by atoms with Crippen LogP contribution in [-0.4, -0.2) is 35.1 Å². The Morgan fingerprint density at radius 1 is 1.04 bits per heavy atom. The van der Waals surface area contributed by atoms with E-state index in [1.165, 1.54) is 0 Å². The summed E-state index contributed by atoms with van der Waals surface area (Å²) in [6.45, 7) is 1.72. The van der Waals surface area contributed by atoms with Crippen molar-refractivity contribution in [3.63, 3.8) is 0 Å². The van der Waals surface area contributed by atoms with Crippen LogP contribution in [0.25, 0.3) is 0 Å². The molecule has 1 atom stereocenters. The summed E-state index contributed by atoms with van der Waals surface area (Å²) >= 11 is 0. The summed E-state index contributed by atoms with van der Waals surface area (Å²) in [5.41, 5.74) is 0.927. The number of carbonyl (C=O) groups is 1. The minimum atomic E-state index is -0.763. The number of benzene rings is 2. The summed E-state index contributed by atoms with van der Waals surface area (Å²) in [6.07, 6.45) is 2.61. The van der Waals surface area contributed by atoms with Gasteiger partial charge in [-0.1, -0.05) is 36.4 Å². The quantitative estimate of drug-likeness (QED) is 0.886. The lowest BCUT2D eigenvalue weighted by atomic mass is 10.0. The largest absolute Gasteiger partial charge is 0.480 e. The Hall–Kier alpha value is -2.33. The molecule has 0 bridgehead atoms. The Balaban J connectivity index is 1.80. The van der Waals surface area contributed by atoms with Crippen LogP contribution >= 0.6 is 0 Å². The summed E-state index contributed by atoms with van der Waals surface area (Å²) in [6, 6.07) is 16.8. The van der Waals surface area contributed by atoms with Crippen LogP contribution in [0, 0.1) is 0 Å². The van der Waals surface area contributed by atoms with Crippen LogP contribution in [0.1, 0.15) is 18.4 Å². The van der Waals surface area contributed by atoms with E-state index < -0.39 is 12.0 Å². The van der Waals surface area contributed by atoms with Crippen LogP contribution in [0.3, 0.4) is 0 Å². The molecule has 23 heavy (non-hydrogen) atoms. The van der Waals surface area contributed by atoms with Crippen LogP contribution < -0.4 is 4.74 Å². The van der Waals surface area contributed by atoms with Crippen molar-refractivity contribution in [1.29, 1.82) is 0 Å². The van der Waals surface area contributed by atoms with Gasteiger partial charge in [-0.2, -0.15) is 0 Å². The number of para-hydroxylation sites is 2. The van der Waals surface area contributed by atoms with Crippen molar-refractivity contribution in [3.05, 3.63) is 60.2 Å². The summed E-state index contributed by atoms with van der Waals surface area (Å²) in [4.78, 5) is 13.7. The summed E-state index contributed by atoms with van der Waals surface area (Å²) < 4.78 is 5.94. The molecular formula is C19H21NO3. The molecule has 3 rings (SSSR count). The van der Waals surface area contributed by atoms with Gasteiger partial charge in [0.15, 0.2) is 0 Å². The van der Waals surface area contributed by atoms with Gasteiger partial charge in [-0.25, -0.2) is 0 Å². The van der Waals surface area contributed by atoms with Gasteiger partial charge in [0.2, 0.25) is 0 Å². The molecule has 0 saturated carbocycles. The topological polar surface area (TPSA) is 49.8 Å². The zero-order valence-electron chi connectivity index (χ0n) is 13.0. The number of nitrogens with zero attached hydrogens (tertiary/aromatic N) is 1. The van der Waals surface area contributed by atoms with Crippen LogP contribution in [0.5, 0.6) is 11.5 Å². The van der Waals surface area contributed by atoms with E-state index in [-0.39, 0.29) is 0 Å². The highest BCUT2D eigenvalue weighted by molar-refractivity contribution is 5.74. The Morgan fingerprint density at radius 2 is 1.70 bits per heavy atom. The maximum absolute atomic E-state index is 11.7. The molecule has 4 heteroatoms.